The highest BCUT2D eigenvalue weighted by Crippen LogP contribution is 2.48. The minimum Gasteiger partial charge on any atom is -0.393 e. The van der Waals surface area contributed by atoms with Crippen LogP contribution >= 0.6 is 0 Å². The van der Waals surface area contributed by atoms with E-state index in [1.807, 2.05) is 0 Å². The molecule has 3 N–H and O–H groups in total. The fourth-order valence-corrected chi connectivity index (χ4v) is 1.04. The van der Waals surface area contributed by atoms with E-state index in [1.165, 1.54) is 12.8 Å². The number of aliphatic hydroxyl groups excluding tert-OH is 1. The summed E-state index contributed by atoms with van der Waals surface area (Å²) in [5, 5.41) is 9.37. The van der Waals surface area contributed by atoms with Gasteiger partial charge in [0.1, 0.15) is 0 Å². The van der Waals surface area contributed by atoms with Crippen LogP contribution in [0.4, 0.5) is 0 Å². The first-order chi connectivity index (χ1) is 4.19. The van der Waals surface area contributed by atoms with Crippen LogP contribution in [0, 0.1) is 5.41 Å². The summed E-state index contributed by atoms with van der Waals surface area (Å²) in [5.41, 5.74) is 5.53. The summed E-state index contributed by atoms with van der Waals surface area (Å²) in [5.74, 6) is 0. The Kier molecular flexibility index (Phi) is 1.78. The van der Waals surface area contributed by atoms with E-state index in [1.54, 1.807) is 0 Å². The van der Waals surface area contributed by atoms with Crippen molar-refractivity contribution in [3.05, 3.63) is 0 Å². The van der Waals surface area contributed by atoms with Crippen LogP contribution in [0.1, 0.15) is 26.2 Å². The highest BCUT2D eigenvalue weighted by Gasteiger charge is 2.43. The Hall–Kier alpha value is -0.0800. The predicted octanol–water partition coefficient (Wildman–Crippen LogP) is 0.496. The third-order valence-corrected chi connectivity index (χ3v) is 2.28. The van der Waals surface area contributed by atoms with Gasteiger partial charge < -0.3 is 10.8 Å². The van der Waals surface area contributed by atoms with Gasteiger partial charge in [-0.05, 0) is 31.2 Å². The van der Waals surface area contributed by atoms with Crippen LogP contribution in [0.5, 0.6) is 0 Å². The van der Waals surface area contributed by atoms with Crippen molar-refractivity contribution in [1.82, 2.24) is 0 Å². The van der Waals surface area contributed by atoms with Gasteiger partial charge in [-0.1, -0.05) is 6.92 Å². The monoisotopic (exact) mass is 129 g/mol. The molecule has 0 saturated heterocycles. The van der Waals surface area contributed by atoms with Gasteiger partial charge in [0, 0.05) is 0 Å². The quantitative estimate of drug-likeness (QED) is 0.582. The van der Waals surface area contributed by atoms with Crippen molar-refractivity contribution in [2.75, 3.05) is 6.54 Å². The van der Waals surface area contributed by atoms with Gasteiger partial charge in [0.25, 0.3) is 0 Å². The number of nitrogens with two attached hydrogens (primary N) is 1. The molecule has 0 aromatic carbocycles. The SMILES string of the molecule is CC1([C@@H](O)CCN)CC1. The van der Waals surface area contributed by atoms with Gasteiger partial charge in [-0.3, -0.25) is 0 Å². The van der Waals surface area contributed by atoms with E-state index in [0.717, 1.165) is 6.42 Å². The Morgan fingerprint density at radius 2 is 2.22 bits per heavy atom. The Bertz CT molecular complexity index is 99.1. The van der Waals surface area contributed by atoms with Gasteiger partial charge in [-0.15, -0.1) is 0 Å². The molecule has 1 aliphatic rings. The van der Waals surface area contributed by atoms with E-state index in [-0.39, 0.29) is 11.5 Å². The molecule has 0 unspecified atom stereocenters. The summed E-state index contributed by atoms with van der Waals surface area (Å²) >= 11 is 0. The molecule has 0 aliphatic heterocycles. The number of hydrogen-bond acceptors (Lipinski definition) is 2. The van der Waals surface area contributed by atoms with Gasteiger partial charge in [-0.2, -0.15) is 0 Å². The molecule has 2 nitrogen and oxygen atoms in total. The summed E-state index contributed by atoms with van der Waals surface area (Å²) in [4.78, 5) is 0. The molecule has 1 atom stereocenters. The Balaban J connectivity index is 2.24. The van der Waals surface area contributed by atoms with E-state index < -0.39 is 0 Å². The lowest BCUT2D eigenvalue weighted by Gasteiger charge is -2.15. The third-order valence-electron chi connectivity index (χ3n) is 2.28. The van der Waals surface area contributed by atoms with Crippen LogP contribution in [-0.4, -0.2) is 17.8 Å². The molecule has 0 heterocycles. The topological polar surface area (TPSA) is 46.2 Å². The van der Waals surface area contributed by atoms with Crippen molar-refractivity contribution >= 4 is 0 Å². The summed E-state index contributed by atoms with van der Waals surface area (Å²) in [6.07, 6.45) is 2.96. The number of hydrogen-bond donors (Lipinski definition) is 2. The maximum Gasteiger partial charge on any atom is 0.0605 e. The molecule has 0 spiro atoms. The van der Waals surface area contributed by atoms with Crippen LogP contribution < -0.4 is 5.73 Å². The molecule has 0 radical (unpaired) electrons. The molecule has 1 saturated carbocycles. The van der Waals surface area contributed by atoms with Crippen molar-refractivity contribution in [1.29, 1.82) is 0 Å². The van der Waals surface area contributed by atoms with Crippen molar-refractivity contribution < 1.29 is 5.11 Å². The lowest BCUT2D eigenvalue weighted by atomic mass is 9.99. The summed E-state index contributed by atoms with van der Waals surface area (Å²) in [7, 11) is 0. The van der Waals surface area contributed by atoms with Gasteiger partial charge >= 0.3 is 0 Å². The number of aliphatic hydroxyl groups is 1. The third kappa shape index (κ3) is 1.43. The van der Waals surface area contributed by atoms with E-state index in [2.05, 4.69) is 6.92 Å². The molecule has 9 heavy (non-hydrogen) atoms. The van der Waals surface area contributed by atoms with Gasteiger partial charge in [-0.25, -0.2) is 0 Å². The first-order valence-electron chi connectivity index (χ1n) is 3.57. The summed E-state index contributed by atoms with van der Waals surface area (Å²) in [6, 6.07) is 0. The first kappa shape index (κ1) is 7.03. The largest absolute Gasteiger partial charge is 0.393 e. The van der Waals surface area contributed by atoms with Crippen molar-refractivity contribution in [3.63, 3.8) is 0 Å². The first-order valence-corrected chi connectivity index (χ1v) is 3.57. The van der Waals surface area contributed by atoms with Gasteiger partial charge in [0.15, 0.2) is 0 Å². The van der Waals surface area contributed by atoms with E-state index in [0.29, 0.717) is 6.54 Å². The maximum absolute atomic E-state index is 9.37. The molecule has 0 aromatic heterocycles. The van der Waals surface area contributed by atoms with Gasteiger partial charge in [0.05, 0.1) is 6.10 Å². The molecule has 0 amide bonds. The minimum absolute atomic E-state index is 0.150. The molecular weight excluding hydrogens is 114 g/mol. The Morgan fingerprint density at radius 1 is 1.67 bits per heavy atom. The summed E-state index contributed by atoms with van der Waals surface area (Å²) in [6.45, 7) is 2.73. The number of rotatable bonds is 3. The summed E-state index contributed by atoms with van der Waals surface area (Å²) < 4.78 is 0. The van der Waals surface area contributed by atoms with Crippen LogP contribution in [0.15, 0.2) is 0 Å². The average molecular weight is 129 g/mol. The second kappa shape index (κ2) is 2.27. The van der Waals surface area contributed by atoms with Gasteiger partial charge in [0.2, 0.25) is 0 Å². The fourth-order valence-electron chi connectivity index (χ4n) is 1.04. The highest BCUT2D eigenvalue weighted by molar-refractivity contribution is 4.94. The Labute approximate surface area is 56.1 Å². The van der Waals surface area contributed by atoms with E-state index >= 15 is 0 Å². The zero-order chi connectivity index (χ0) is 6.91. The van der Waals surface area contributed by atoms with E-state index in [4.69, 9.17) is 5.73 Å². The van der Waals surface area contributed by atoms with Crippen molar-refractivity contribution in [2.45, 2.75) is 32.3 Å². The normalized spacial score (nSPS) is 25.7. The van der Waals surface area contributed by atoms with Crippen LogP contribution in [-0.2, 0) is 0 Å². The van der Waals surface area contributed by atoms with E-state index in [9.17, 15) is 5.11 Å². The standard InChI is InChI=1S/C7H15NO/c1-7(3-4-7)6(9)2-5-8/h6,9H,2-5,8H2,1H3/t6-/m0/s1. The minimum atomic E-state index is -0.150. The van der Waals surface area contributed by atoms with Crippen molar-refractivity contribution in [2.24, 2.45) is 11.1 Å². The molecule has 0 aromatic rings. The molecule has 1 aliphatic carbocycles. The fraction of sp³-hybridized carbons (Fsp3) is 1.00. The molecule has 54 valence electrons. The molecule has 2 heteroatoms. The highest BCUT2D eigenvalue weighted by atomic mass is 16.3. The van der Waals surface area contributed by atoms with Crippen LogP contribution in [0.25, 0.3) is 0 Å². The average Bonchev–Trinajstić information content (AvgIpc) is 2.50. The van der Waals surface area contributed by atoms with Crippen LogP contribution in [0.2, 0.25) is 0 Å². The zero-order valence-electron chi connectivity index (χ0n) is 5.93. The smallest absolute Gasteiger partial charge is 0.0605 e. The zero-order valence-corrected chi connectivity index (χ0v) is 5.93. The lowest BCUT2D eigenvalue weighted by molar-refractivity contribution is 0.0966. The van der Waals surface area contributed by atoms with Crippen LogP contribution in [0.3, 0.4) is 0 Å². The predicted molar refractivity (Wildman–Crippen MR) is 37.0 cm³/mol. The Morgan fingerprint density at radius 3 is 2.56 bits per heavy atom. The lowest BCUT2D eigenvalue weighted by Crippen LogP contribution is -2.22. The second-order valence-electron chi connectivity index (χ2n) is 3.25. The molecule has 1 fully saturated rings. The molecule has 1 rings (SSSR count). The molecule has 0 bridgehead atoms. The van der Waals surface area contributed by atoms with Crippen molar-refractivity contribution in [3.8, 4) is 0 Å². The second-order valence-corrected chi connectivity index (χ2v) is 3.25. The molecular formula is C7H15NO. The maximum atomic E-state index is 9.37.